The zero-order chi connectivity index (χ0) is 13.2. The van der Waals surface area contributed by atoms with Gasteiger partial charge in [0.2, 0.25) is 0 Å². The van der Waals surface area contributed by atoms with Gasteiger partial charge in [-0.2, -0.15) is 0 Å². The molecule has 0 atom stereocenters. The Balaban J connectivity index is 2.49. The maximum absolute atomic E-state index is 14.6. The predicted molar refractivity (Wildman–Crippen MR) is 74.0 cm³/mol. The van der Waals surface area contributed by atoms with Crippen LogP contribution in [0.15, 0.2) is 16.6 Å². The molecule has 0 radical (unpaired) electrons. The molecule has 0 spiro atoms. The van der Waals surface area contributed by atoms with Gasteiger partial charge in [-0.1, -0.05) is 28.8 Å². The van der Waals surface area contributed by atoms with Crippen LogP contribution in [-0.2, 0) is 16.8 Å². The van der Waals surface area contributed by atoms with Gasteiger partial charge in [0.05, 0.1) is 6.61 Å². The fraction of sp³-hybridized carbons (Fsp3) is 0.571. The first-order chi connectivity index (χ1) is 8.63. The van der Waals surface area contributed by atoms with Gasteiger partial charge >= 0.3 is 0 Å². The summed E-state index contributed by atoms with van der Waals surface area (Å²) >= 11 is 3.45. The highest BCUT2D eigenvalue weighted by molar-refractivity contribution is 9.10. The lowest BCUT2D eigenvalue weighted by Crippen LogP contribution is -2.33. The molecule has 0 bridgehead atoms. The minimum atomic E-state index is -0.184. The molecular weight excluding hydrogens is 297 g/mol. The lowest BCUT2D eigenvalue weighted by Gasteiger charge is -2.29. The van der Waals surface area contributed by atoms with E-state index in [2.05, 4.69) is 15.9 Å². The number of halogens is 2. The molecule has 1 aromatic carbocycles. The highest BCUT2D eigenvalue weighted by Gasteiger charge is 2.37. The standard InChI is InChI=1S/C14H19BrFNO/c1-18-8-10-6-11(15)7-12(13(10)16)14(9-17)4-2-3-5-14/h6-7H,2-5,8-9,17H2,1H3. The second kappa shape index (κ2) is 5.68. The third-order valence-electron chi connectivity index (χ3n) is 3.94. The van der Waals surface area contributed by atoms with Crippen molar-refractivity contribution in [1.29, 1.82) is 0 Å². The van der Waals surface area contributed by atoms with Crippen molar-refractivity contribution in [2.45, 2.75) is 37.7 Å². The lowest BCUT2D eigenvalue weighted by molar-refractivity contribution is 0.181. The molecule has 0 aromatic heterocycles. The van der Waals surface area contributed by atoms with E-state index in [4.69, 9.17) is 10.5 Å². The highest BCUT2D eigenvalue weighted by atomic mass is 79.9. The van der Waals surface area contributed by atoms with Gasteiger partial charge in [0.25, 0.3) is 0 Å². The SMILES string of the molecule is COCc1cc(Br)cc(C2(CN)CCCC2)c1F. The van der Waals surface area contributed by atoms with Gasteiger partial charge < -0.3 is 10.5 Å². The van der Waals surface area contributed by atoms with Gasteiger partial charge in [0.15, 0.2) is 0 Å². The molecule has 1 aliphatic rings. The van der Waals surface area contributed by atoms with Gasteiger partial charge in [-0.3, -0.25) is 0 Å². The third-order valence-corrected chi connectivity index (χ3v) is 4.39. The Morgan fingerprint density at radius 1 is 1.39 bits per heavy atom. The topological polar surface area (TPSA) is 35.2 Å². The Morgan fingerprint density at radius 2 is 2.06 bits per heavy atom. The number of rotatable bonds is 4. The summed E-state index contributed by atoms with van der Waals surface area (Å²) < 4.78 is 20.5. The Morgan fingerprint density at radius 3 is 2.61 bits per heavy atom. The van der Waals surface area contributed by atoms with Gasteiger partial charge in [-0.25, -0.2) is 4.39 Å². The molecular formula is C14H19BrFNO. The number of nitrogens with two attached hydrogens (primary N) is 1. The average molecular weight is 316 g/mol. The van der Waals surface area contributed by atoms with Gasteiger partial charge in [0, 0.05) is 29.1 Å². The van der Waals surface area contributed by atoms with Crippen molar-refractivity contribution in [1.82, 2.24) is 0 Å². The Hall–Kier alpha value is -0.450. The molecule has 1 saturated carbocycles. The van der Waals surface area contributed by atoms with Crippen LogP contribution in [0.5, 0.6) is 0 Å². The van der Waals surface area contributed by atoms with E-state index in [1.54, 1.807) is 13.2 Å². The monoisotopic (exact) mass is 315 g/mol. The molecule has 100 valence electrons. The maximum Gasteiger partial charge on any atom is 0.132 e. The van der Waals surface area contributed by atoms with Crippen molar-refractivity contribution < 1.29 is 9.13 Å². The number of hydrogen-bond donors (Lipinski definition) is 1. The minimum Gasteiger partial charge on any atom is -0.380 e. The highest BCUT2D eigenvalue weighted by Crippen LogP contribution is 2.42. The van der Waals surface area contributed by atoms with E-state index in [0.717, 1.165) is 35.7 Å². The lowest BCUT2D eigenvalue weighted by atomic mass is 9.78. The van der Waals surface area contributed by atoms with Crippen molar-refractivity contribution in [3.05, 3.63) is 33.5 Å². The van der Waals surface area contributed by atoms with Crippen LogP contribution in [-0.4, -0.2) is 13.7 Å². The third kappa shape index (κ3) is 2.46. The Labute approximate surface area is 116 Å². The molecule has 0 unspecified atom stereocenters. The van der Waals surface area contributed by atoms with Crippen LogP contribution in [0.1, 0.15) is 36.8 Å². The molecule has 4 heteroatoms. The normalized spacial score (nSPS) is 18.2. The van der Waals surface area contributed by atoms with Crippen molar-refractivity contribution in [3.8, 4) is 0 Å². The second-order valence-electron chi connectivity index (χ2n) is 5.05. The second-order valence-corrected chi connectivity index (χ2v) is 5.97. The minimum absolute atomic E-state index is 0.146. The van der Waals surface area contributed by atoms with Crippen LogP contribution in [0.3, 0.4) is 0 Å². The predicted octanol–water partition coefficient (Wildman–Crippen LogP) is 3.51. The molecule has 18 heavy (non-hydrogen) atoms. The largest absolute Gasteiger partial charge is 0.380 e. The number of benzene rings is 1. The van der Waals surface area contributed by atoms with Crippen molar-refractivity contribution in [3.63, 3.8) is 0 Å². The zero-order valence-corrected chi connectivity index (χ0v) is 12.2. The first-order valence-corrected chi connectivity index (χ1v) is 7.10. The van der Waals surface area contributed by atoms with E-state index in [1.165, 1.54) is 0 Å². The molecule has 1 aliphatic carbocycles. The smallest absolute Gasteiger partial charge is 0.132 e. The first kappa shape index (κ1) is 14.0. The Kier molecular flexibility index (Phi) is 4.41. The molecule has 1 aromatic rings. The summed E-state index contributed by atoms with van der Waals surface area (Å²) in [5, 5.41) is 0. The van der Waals surface area contributed by atoms with Crippen molar-refractivity contribution >= 4 is 15.9 Å². The van der Waals surface area contributed by atoms with Crippen LogP contribution in [0.4, 0.5) is 4.39 Å². The van der Waals surface area contributed by atoms with Crippen LogP contribution in [0.25, 0.3) is 0 Å². The zero-order valence-electron chi connectivity index (χ0n) is 10.6. The van der Waals surface area contributed by atoms with Gasteiger partial charge in [-0.15, -0.1) is 0 Å². The summed E-state index contributed by atoms with van der Waals surface area (Å²) in [6.45, 7) is 0.797. The molecule has 2 N–H and O–H groups in total. The number of ether oxygens (including phenoxy) is 1. The number of methoxy groups -OCH3 is 1. The summed E-state index contributed by atoms with van der Waals surface area (Å²) in [6, 6.07) is 3.66. The first-order valence-electron chi connectivity index (χ1n) is 6.30. The maximum atomic E-state index is 14.6. The fourth-order valence-electron chi connectivity index (χ4n) is 2.93. The van der Waals surface area contributed by atoms with Crippen LogP contribution in [0.2, 0.25) is 0 Å². The summed E-state index contributed by atoms with van der Waals surface area (Å²) in [7, 11) is 1.58. The molecule has 2 nitrogen and oxygen atoms in total. The quantitative estimate of drug-likeness (QED) is 0.923. The van der Waals surface area contributed by atoms with Gasteiger partial charge in [0.1, 0.15) is 5.82 Å². The van der Waals surface area contributed by atoms with E-state index in [1.807, 2.05) is 6.07 Å². The van der Waals surface area contributed by atoms with E-state index in [0.29, 0.717) is 18.7 Å². The summed E-state index contributed by atoms with van der Waals surface area (Å²) in [4.78, 5) is 0. The number of hydrogen-bond acceptors (Lipinski definition) is 2. The van der Waals surface area contributed by atoms with Crippen LogP contribution >= 0.6 is 15.9 Å². The van der Waals surface area contributed by atoms with E-state index < -0.39 is 0 Å². The molecule has 2 rings (SSSR count). The molecule has 0 aliphatic heterocycles. The molecule has 0 saturated heterocycles. The summed E-state index contributed by atoms with van der Waals surface area (Å²) in [5.74, 6) is -0.146. The van der Waals surface area contributed by atoms with E-state index >= 15 is 0 Å². The van der Waals surface area contributed by atoms with Crippen LogP contribution in [0, 0.1) is 5.82 Å². The molecule has 0 heterocycles. The van der Waals surface area contributed by atoms with Crippen LogP contribution < -0.4 is 5.73 Å². The Bertz CT molecular complexity index is 430. The molecule has 1 fully saturated rings. The van der Waals surface area contributed by atoms with Crippen molar-refractivity contribution in [2.75, 3.05) is 13.7 Å². The average Bonchev–Trinajstić information content (AvgIpc) is 2.83. The fourth-order valence-corrected chi connectivity index (χ4v) is 3.43. The molecule has 0 amide bonds. The summed E-state index contributed by atoms with van der Waals surface area (Å²) in [5.41, 5.74) is 7.10. The van der Waals surface area contributed by atoms with E-state index in [-0.39, 0.29) is 11.2 Å². The summed E-state index contributed by atoms with van der Waals surface area (Å²) in [6.07, 6.45) is 4.21. The van der Waals surface area contributed by atoms with Crippen molar-refractivity contribution in [2.24, 2.45) is 5.73 Å². The van der Waals surface area contributed by atoms with Gasteiger partial charge in [-0.05, 0) is 30.5 Å². The van der Waals surface area contributed by atoms with E-state index in [9.17, 15) is 4.39 Å².